The van der Waals surface area contributed by atoms with Gasteiger partial charge in [0.25, 0.3) is 0 Å². The summed E-state index contributed by atoms with van der Waals surface area (Å²) in [4.78, 5) is 0. The molecule has 0 aromatic carbocycles. The van der Waals surface area contributed by atoms with Crippen molar-refractivity contribution in [2.45, 2.75) is 83.8 Å². The van der Waals surface area contributed by atoms with Crippen LogP contribution >= 0.6 is 0 Å². The van der Waals surface area contributed by atoms with Gasteiger partial charge in [0.2, 0.25) is 0 Å². The molecular weight excluding hydrogens is 272 g/mol. The molecule has 0 saturated heterocycles. The van der Waals surface area contributed by atoms with E-state index in [1.807, 2.05) is 0 Å². The predicted molar refractivity (Wildman–Crippen MR) is 88.3 cm³/mol. The zero-order chi connectivity index (χ0) is 15.8. The molecule has 0 heterocycles. The molecule has 7 atom stereocenters. The second kappa shape index (κ2) is 4.60. The van der Waals surface area contributed by atoms with Crippen molar-refractivity contribution < 1.29 is 10.2 Å². The van der Waals surface area contributed by atoms with Crippen molar-refractivity contribution in [1.29, 1.82) is 0 Å². The number of allylic oxidation sites excluding steroid dienone is 1. The number of hydrogen-bond acceptors (Lipinski definition) is 2. The third-order valence-electron chi connectivity index (χ3n) is 8.64. The van der Waals surface area contributed by atoms with Crippen LogP contribution in [-0.2, 0) is 0 Å². The Morgan fingerprint density at radius 2 is 1.73 bits per heavy atom. The van der Waals surface area contributed by atoms with Gasteiger partial charge in [-0.05, 0) is 86.9 Å². The Bertz CT molecular complexity index is 508. The van der Waals surface area contributed by atoms with Gasteiger partial charge in [-0.1, -0.05) is 25.5 Å². The summed E-state index contributed by atoms with van der Waals surface area (Å²) in [5.74, 6) is 2.20. The van der Waals surface area contributed by atoms with Crippen molar-refractivity contribution in [1.82, 2.24) is 0 Å². The molecule has 0 aliphatic heterocycles. The Labute approximate surface area is 135 Å². The predicted octanol–water partition coefficient (Wildman–Crippen LogP) is 4.06. The maximum absolute atomic E-state index is 10.9. The molecule has 0 aromatic rings. The van der Waals surface area contributed by atoms with Gasteiger partial charge < -0.3 is 10.2 Å². The molecule has 2 nitrogen and oxygen atoms in total. The van der Waals surface area contributed by atoms with Crippen LogP contribution in [0.5, 0.6) is 0 Å². The third kappa shape index (κ3) is 1.80. The monoisotopic (exact) mass is 304 g/mol. The van der Waals surface area contributed by atoms with E-state index in [0.29, 0.717) is 11.3 Å². The molecule has 2 N–H and O–H groups in total. The number of aliphatic hydroxyl groups is 2. The maximum atomic E-state index is 10.9. The Hall–Kier alpha value is -0.340. The van der Waals surface area contributed by atoms with Crippen molar-refractivity contribution >= 4 is 0 Å². The van der Waals surface area contributed by atoms with E-state index in [2.05, 4.69) is 26.8 Å². The van der Waals surface area contributed by atoms with Gasteiger partial charge in [-0.25, -0.2) is 0 Å². The maximum Gasteiger partial charge on any atom is 0.0675 e. The second-order valence-corrected chi connectivity index (χ2v) is 9.42. The van der Waals surface area contributed by atoms with Gasteiger partial charge in [0.1, 0.15) is 0 Å². The zero-order valence-electron chi connectivity index (χ0n) is 14.4. The van der Waals surface area contributed by atoms with Crippen LogP contribution in [0.15, 0.2) is 11.6 Å². The lowest BCUT2D eigenvalue weighted by Gasteiger charge is -2.58. The Kier molecular flexibility index (Phi) is 3.18. The lowest BCUT2D eigenvalue weighted by Crippen LogP contribution is -2.53. The first-order chi connectivity index (χ1) is 10.3. The number of rotatable bonds is 0. The fourth-order valence-corrected chi connectivity index (χ4v) is 6.89. The van der Waals surface area contributed by atoms with E-state index in [-0.39, 0.29) is 11.5 Å². The summed E-state index contributed by atoms with van der Waals surface area (Å²) >= 11 is 0. The summed E-state index contributed by atoms with van der Waals surface area (Å²) in [5, 5.41) is 21.0. The van der Waals surface area contributed by atoms with Crippen LogP contribution in [0.1, 0.15) is 72.1 Å². The van der Waals surface area contributed by atoms with Gasteiger partial charge in [-0.15, -0.1) is 0 Å². The second-order valence-electron chi connectivity index (χ2n) is 9.42. The fourth-order valence-electron chi connectivity index (χ4n) is 6.89. The Balaban J connectivity index is 1.69. The van der Waals surface area contributed by atoms with Crippen molar-refractivity contribution in [2.24, 2.45) is 28.6 Å². The zero-order valence-corrected chi connectivity index (χ0v) is 14.4. The van der Waals surface area contributed by atoms with Gasteiger partial charge in [-0.3, -0.25) is 0 Å². The molecule has 4 aliphatic carbocycles. The first-order valence-electron chi connectivity index (χ1n) is 9.38. The quantitative estimate of drug-likeness (QED) is 0.663. The molecular formula is C20H32O2. The molecule has 3 saturated carbocycles. The molecule has 0 aromatic heterocycles. The number of aliphatic hydroxyl groups excluding tert-OH is 1. The van der Waals surface area contributed by atoms with Crippen LogP contribution in [0.2, 0.25) is 0 Å². The van der Waals surface area contributed by atoms with E-state index in [4.69, 9.17) is 0 Å². The number of hydrogen-bond donors (Lipinski definition) is 2. The lowest BCUT2D eigenvalue weighted by atomic mass is 9.47. The molecule has 2 heteroatoms. The van der Waals surface area contributed by atoms with Crippen LogP contribution in [-0.4, -0.2) is 21.9 Å². The lowest BCUT2D eigenvalue weighted by molar-refractivity contribution is -0.115. The van der Waals surface area contributed by atoms with Crippen molar-refractivity contribution in [3.05, 3.63) is 11.6 Å². The molecule has 3 fully saturated rings. The third-order valence-corrected chi connectivity index (χ3v) is 8.64. The summed E-state index contributed by atoms with van der Waals surface area (Å²) in [6, 6.07) is 0. The van der Waals surface area contributed by atoms with Crippen molar-refractivity contribution in [2.75, 3.05) is 0 Å². The highest BCUT2D eigenvalue weighted by Crippen LogP contribution is 2.66. The van der Waals surface area contributed by atoms with E-state index in [9.17, 15) is 10.2 Å². The van der Waals surface area contributed by atoms with Crippen molar-refractivity contribution in [3.8, 4) is 0 Å². The molecule has 0 amide bonds. The first-order valence-corrected chi connectivity index (χ1v) is 9.38. The summed E-state index contributed by atoms with van der Waals surface area (Å²) in [6.45, 7) is 6.90. The normalized spacial score (nSPS) is 57.6. The summed E-state index contributed by atoms with van der Waals surface area (Å²) in [6.07, 6.45) is 11.2. The van der Waals surface area contributed by atoms with Crippen LogP contribution in [0.25, 0.3) is 0 Å². The molecule has 0 bridgehead atoms. The standard InChI is InChI=1S/C20H32O2/c1-18-9-6-14(21)12-13(18)4-5-15-16(18)7-10-19(2)17(15)8-11-20(19,3)22/h4,14-17,21-22H,5-12H2,1-3H3/t14-,15?,16?,17?,18?,19?,20-/m0/s1. The van der Waals surface area contributed by atoms with E-state index < -0.39 is 5.60 Å². The van der Waals surface area contributed by atoms with Crippen LogP contribution in [0, 0.1) is 28.6 Å². The average molecular weight is 304 g/mol. The fraction of sp³-hybridized carbons (Fsp3) is 0.900. The molecule has 5 unspecified atom stereocenters. The smallest absolute Gasteiger partial charge is 0.0675 e. The van der Waals surface area contributed by atoms with Gasteiger partial charge in [0.15, 0.2) is 0 Å². The van der Waals surface area contributed by atoms with Gasteiger partial charge >= 0.3 is 0 Å². The molecule has 4 rings (SSSR count). The minimum absolute atomic E-state index is 0.114. The Morgan fingerprint density at radius 3 is 2.50 bits per heavy atom. The summed E-state index contributed by atoms with van der Waals surface area (Å²) in [7, 11) is 0. The van der Waals surface area contributed by atoms with Crippen LogP contribution in [0.4, 0.5) is 0 Å². The minimum Gasteiger partial charge on any atom is -0.393 e. The Morgan fingerprint density at radius 1 is 1.00 bits per heavy atom. The van der Waals surface area contributed by atoms with E-state index in [0.717, 1.165) is 37.5 Å². The number of fused-ring (bicyclic) bond motifs is 5. The molecule has 4 aliphatic rings. The highest BCUT2D eigenvalue weighted by molar-refractivity contribution is 5.26. The van der Waals surface area contributed by atoms with Gasteiger partial charge in [-0.2, -0.15) is 0 Å². The topological polar surface area (TPSA) is 40.5 Å². The minimum atomic E-state index is -0.476. The largest absolute Gasteiger partial charge is 0.393 e. The van der Waals surface area contributed by atoms with Crippen LogP contribution in [0.3, 0.4) is 0 Å². The van der Waals surface area contributed by atoms with E-state index in [1.165, 1.54) is 25.7 Å². The van der Waals surface area contributed by atoms with E-state index >= 15 is 0 Å². The molecule has 0 radical (unpaired) electrons. The molecule has 22 heavy (non-hydrogen) atoms. The summed E-state index contributed by atoms with van der Waals surface area (Å²) in [5.41, 5.74) is 1.50. The first kappa shape index (κ1) is 15.2. The molecule has 124 valence electrons. The van der Waals surface area contributed by atoms with Crippen LogP contribution < -0.4 is 0 Å². The van der Waals surface area contributed by atoms with E-state index in [1.54, 1.807) is 5.57 Å². The highest BCUT2D eigenvalue weighted by atomic mass is 16.3. The van der Waals surface area contributed by atoms with Gasteiger partial charge in [0, 0.05) is 0 Å². The summed E-state index contributed by atoms with van der Waals surface area (Å²) < 4.78 is 0. The molecule has 0 spiro atoms. The average Bonchev–Trinajstić information content (AvgIpc) is 2.70. The van der Waals surface area contributed by atoms with Crippen molar-refractivity contribution in [3.63, 3.8) is 0 Å². The van der Waals surface area contributed by atoms with Gasteiger partial charge in [0.05, 0.1) is 11.7 Å². The highest BCUT2D eigenvalue weighted by Gasteiger charge is 2.61. The SMILES string of the molecule is CC12CC[C@H](O)CC1=CCC1C2CCC2(C)C1CC[C@]2(C)O.